The van der Waals surface area contributed by atoms with E-state index in [4.69, 9.17) is 0 Å². The van der Waals surface area contributed by atoms with Crippen LogP contribution in [0, 0.1) is 6.92 Å². The van der Waals surface area contributed by atoms with E-state index < -0.39 is 0 Å². The molecule has 1 aliphatic heterocycles. The van der Waals surface area contributed by atoms with Gasteiger partial charge in [0.1, 0.15) is 5.82 Å². The number of carbonyl (C=O) groups excluding carboxylic acids is 1. The molecular weight excluding hydrogens is 230 g/mol. The van der Waals surface area contributed by atoms with Crippen LogP contribution in [0.15, 0.2) is 12.4 Å². The molecule has 1 aliphatic rings. The lowest BCUT2D eigenvalue weighted by Crippen LogP contribution is -2.24. The Hall–Kier alpha value is -2.11. The lowest BCUT2D eigenvalue weighted by molar-refractivity contribution is -0.116. The van der Waals surface area contributed by atoms with Crippen molar-refractivity contribution < 1.29 is 4.79 Å². The van der Waals surface area contributed by atoms with E-state index in [0.717, 1.165) is 22.6 Å². The van der Waals surface area contributed by atoms with Crippen LogP contribution in [-0.2, 0) is 18.9 Å². The van der Waals surface area contributed by atoms with Gasteiger partial charge in [-0.3, -0.25) is 14.2 Å². The molecule has 0 aliphatic carbocycles. The Labute approximate surface area is 105 Å². The van der Waals surface area contributed by atoms with E-state index in [-0.39, 0.29) is 11.8 Å². The van der Waals surface area contributed by atoms with Gasteiger partial charge in [0.2, 0.25) is 5.91 Å². The van der Waals surface area contributed by atoms with E-state index in [2.05, 4.69) is 15.5 Å². The summed E-state index contributed by atoms with van der Waals surface area (Å²) in [4.78, 5) is 11.8. The first-order valence-electron chi connectivity index (χ1n) is 5.88. The van der Waals surface area contributed by atoms with E-state index in [1.54, 1.807) is 4.68 Å². The molecule has 6 heteroatoms. The van der Waals surface area contributed by atoms with Crippen LogP contribution in [0.25, 0.3) is 0 Å². The van der Waals surface area contributed by atoms with Crippen LogP contribution in [0.4, 0.5) is 5.82 Å². The zero-order valence-electron chi connectivity index (χ0n) is 10.6. The maximum Gasteiger partial charge on any atom is 0.226 e. The second-order valence-corrected chi connectivity index (χ2v) is 4.69. The predicted octanol–water partition coefficient (Wildman–Crippen LogP) is 0.936. The highest BCUT2D eigenvalue weighted by Crippen LogP contribution is 2.37. The summed E-state index contributed by atoms with van der Waals surface area (Å²) in [7, 11) is 3.74. The number of fused-ring (bicyclic) bond motifs is 1. The van der Waals surface area contributed by atoms with Crippen molar-refractivity contribution in [2.24, 2.45) is 14.1 Å². The fraction of sp³-hybridized carbons (Fsp3) is 0.417. The number of amides is 1. The maximum absolute atomic E-state index is 11.8. The highest BCUT2D eigenvalue weighted by atomic mass is 16.1. The van der Waals surface area contributed by atoms with Gasteiger partial charge >= 0.3 is 0 Å². The quantitative estimate of drug-likeness (QED) is 0.813. The molecule has 0 aromatic carbocycles. The van der Waals surface area contributed by atoms with E-state index in [0.29, 0.717) is 6.42 Å². The zero-order chi connectivity index (χ0) is 12.9. The number of carbonyl (C=O) groups is 1. The van der Waals surface area contributed by atoms with E-state index in [1.807, 2.05) is 38.1 Å². The van der Waals surface area contributed by atoms with Gasteiger partial charge in [0.15, 0.2) is 0 Å². The van der Waals surface area contributed by atoms with Crippen molar-refractivity contribution in [3.8, 4) is 0 Å². The Morgan fingerprint density at radius 2 is 1.89 bits per heavy atom. The smallest absolute Gasteiger partial charge is 0.226 e. The zero-order valence-corrected chi connectivity index (χ0v) is 10.6. The van der Waals surface area contributed by atoms with Crippen molar-refractivity contribution in [3.63, 3.8) is 0 Å². The molecule has 1 atom stereocenters. The summed E-state index contributed by atoms with van der Waals surface area (Å²) < 4.78 is 3.53. The van der Waals surface area contributed by atoms with Gasteiger partial charge in [-0.25, -0.2) is 0 Å². The summed E-state index contributed by atoms with van der Waals surface area (Å²) in [5.74, 6) is 0.870. The minimum Gasteiger partial charge on any atom is -0.311 e. The highest BCUT2D eigenvalue weighted by molar-refractivity contribution is 5.94. The topological polar surface area (TPSA) is 64.7 Å². The molecule has 1 unspecified atom stereocenters. The first-order chi connectivity index (χ1) is 8.58. The predicted molar refractivity (Wildman–Crippen MR) is 66.2 cm³/mol. The summed E-state index contributed by atoms with van der Waals surface area (Å²) in [6.45, 7) is 2.02. The Kier molecular flexibility index (Phi) is 2.26. The summed E-state index contributed by atoms with van der Waals surface area (Å²) >= 11 is 0. The molecule has 94 valence electrons. The fourth-order valence-corrected chi connectivity index (χ4v) is 2.48. The Bertz CT molecular complexity index is 624. The first-order valence-corrected chi connectivity index (χ1v) is 5.88. The number of anilines is 1. The minimum atomic E-state index is 0.0272. The molecule has 0 saturated heterocycles. The summed E-state index contributed by atoms with van der Waals surface area (Å²) in [5, 5.41) is 11.3. The van der Waals surface area contributed by atoms with Gasteiger partial charge in [0.05, 0.1) is 12.4 Å². The second kappa shape index (κ2) is 3.69. The van der Waals surface area contributed by atoms with Crippen molar-refractivity contribution >= 4 is 11.7 Å². The van der Waals surface area contributed by atoms with Crippen molar-refractivity contribution in [1.82, 2.24) is 19.6 Å². The van der Waals surface area contributed by atoms with Crippen molar-refractivity contribution in [2.75, 3.05) is 5.32 Å². The van der Waals surface area contributed by atoms with Crippen molar-refractivity contribution in [2.45, 2.75) is 19.3 Å². The molecule has 6 nitrogen and oxygen atoms in total. The molecule has 0 radical (unpaired) electrons. The Balaban J connectivity index is 2.13. The molecule has 0 spiro atoms. The third-order valence-corrected chi connectivity index (χ3v) is 3.64. The maximum atomic E-state index is 11.8. The number of aryl methyl sites for hydroxylation is 2. The third-order valence-electron chi connectivity index (χ3n) is 3.64. The number of hydrogen-bond donors (Lipinski definition) is 1. The molecule has 0 fully saturated rings. The van der Waals surface area contributed by atoms with Gasteiger partial charge in [-0.05, 0) is 6.92 Å². The average Bonchev–Trinajstić information content (AvgIpc) is 2.85. The van der Waals surface area contributed by atoms with Gasteiger partial charge in [-0.2, -0.15) is 10.2 Å². The number of nitrogens with one attached hydrogen (secondary N) is 1. The lowest BCUT2D eigenvalue weighted by Gasteiger charge is -2.22. The molecular formula is C12H15N5O. The van der Waals surface area contributed by atoms with Crippen molar-refractivity contribution in [3.05, 3.63) is 29.2 Å². The van der Waals surface area contributed by atoms with Gasteiger partial charge in [0.25, 0.3) is 0 Å². The molecule has 0 bridgehead atoms. The number of hydrogen-bond acceptors (Lipinski definition) is 3. The molecule has 3 rings (SSSR count). The largest absolute Gasteiger partial charge is 0.311 e. The van der Waals surface area contributed by atoms with Gasteiger partial charge in [0, 0.05) is 43.3 Å². The fourth-order valence-electron chi connectivity index (χ4n) is 2.48. The second-order valence-electron chi connectivity index (χ2n) is 4.69. The van der Waals surface area contributed by atoms with Crippen molar-refractivity contribution in [1.29, 1.82) is 0 Å². The average molecular weight is 245 g/mol. The Morgan fingerprint density at radius 3 is 2.56 bits per heavy atom. The van der Waals surface area contributed by atoms with Gasteiger partial charge in [-0.1, -0.05) is 0 Å². The summed E-state index contributed by atoms with van der Waals surface area (Å²) in [5.41, 5.74) is 3.25. The minimum absolute atomic E-state index is 0.0272. The van der Waals surface area contributed by atoms with Crippen LogP contribution in [0.1, 0.15) is 29.2 Å². The van der Waals surface area contributed by atoms with E-state index >= 15 is 0 Å². The molecule has 1 N–H and O–H groups in total. The molecule has 0 saturated carbocycles. The van der Waals surface area contributed by atoms with E-state index in [1.165, 1.54) is 0 Å². The lowest BCUT2D eigenvalue weighted by atomic mass is 9.88. The number of aromatic nitrogens is 4. The Morgan fingerprint density at radius 1 is 1.22 bits per heavy atom. The van der Waals surface area contributed by atoms with Crippen LogP contribution in [-0.4, -0.2) is 25.5 Å². The monoisotopic (exact) mass is 245 g/mol. The molecule has 3 heterocycles. The van der Waals surface area contributed by atoms with Crippen LogP contribution in [0.3, 0.4) is 0 Å². The summed E-state index contributed by atoms with van der Waals surface area (Å²) in [6.07, 6.45) is 4.12. The molecule has 2 aromatic rings. The van der Waals surface area contributed by atoms with E-state index in [9.17, 15) is 4.79 Å². The SMILES string of the molecule is Cc1c(C2CC(=O)Nc3c2cnn3C)cnn1C. The van der Waals surface area contributed by atoms with Gasteiger partial charge in [-0.15, -0.1) is 0 Å². The summed E-state index contributed by atoms with van der Waals surface area (Å²) in [6, 6.07) is 0. The number of rotatable bonds is 1. The molecule has 18 heavy (non-hydrogen) atoms. The van der Waals surface area contributed by atoms with Crippen LogP contribution in [0.5, 0.6) is 0 Å². The van der Waals surface area contributed by atoms with Crippen LogP contribution in [0.2, 0.25) is 0 Å². The molecule has 1 amide bonds. The highest BCUT2D eigenvalue weighted by Gasteiger charge is 2.31. The first kappa shape index (κ1) is 11.0. The van der Waals surface area contributed by atoms with Crippen LogP contribution < -0.4 is 5.32 Å². The normalized spacial score (nSPS) is 18.6. The molecule has 2 aromatic heterocycles. The van der Waals surface area contributed by atoms with Gasteiger partial charge < -0.3 is 5.32 Å². The standard InChI is InChI=1S/C12H15N5O/c1-7-9(5-13-16(7)2)8-4-11(18)15-12-10(8)6-14-17(12)3/h5-6,8H,4H2,1-3H3,(H,15,18). The third kappa shape index (κ3) is 1.45. The number of nitrogens with zero attached hydrogens (tertiary/aromatic N) is 4. The van der Waals surface area contributed by atoms with Crippen LogP contribution >= 0.6 is 0 Å².